The summed E-state index contributed by atoms with van der Waals surface area (Å²) in [5.74, 6) is 0.134. The van der Waals surface area contributed by atoms with E-state index in [2.05, 4.69) is 60.2 Å². The number of carboxylic acids is 1. The minimum absolute atomic E-state index is 0.246. The first-order valence-corrected chi connectivity index (χ1v) is 13.7. The van der Waals surface area contributed by atoms with Gasteiger partial charge in [0, 0.05) is 36.1 Å². The second-order valence-corrected chi connectivity index (χ2v) is 12.8. The summed E-state index contributed by atoms with van der Waals surface area (Å²) >= 11 is 2.20. The molecule has 0 spiro atoms. The Hall–Kier alpha value is -1.94. The monoisotopic (exact) mass is 609 g/mol. The van der Waals surface area contributed by atoms with Crippen LogP contribution in [0, 0.1) is 22.0 Å². The Morgan fingerprint density at radius 1 is 1.22 bits per heavy atom. The van der Waals surface area contributed by atoms with E-state index in [0.29, 0.717) is 23.8 Å². The van der Waals surface area contributed by atoms with Crippen molar-refractivity contribution in [3.05, 3.63) is 33.3 Å². The molecule has 0 aliphatic carbocycles. The van der Waals surface area contributed by atoms with Gasteiger partial charge < -0.3 is 19.5 Å². The summed E-state index contributed by atoms with van der Waals surface area (Å²) in [7, 11) is 0. The average Bonchev–Trinajstić information content (AvgIpc) is 2.76. The number of piperidine rings is 1. The SMILES string of the molecule is Cc1ncc(-c2ccc(OCC(C)C)c(I)n2)c(N2CCC(C)(C)CC2)c1[C@H](OC(C)(C)C)C(=O)O. The number of carbonyl (C=O) groups is 1. The third-order valence-corrected chi connectivity index (χ3v) is 7.11. The number of nitrogens with zero attached hydrogens (tertiary/aromatic N) is 3. The first-order chi connectivity index (χ1) is 16.7. The molecule has 0 bridgehead atoms. The lowest BCUT2D eigenvalue weighted by atomic mass is 9.82. The van der Waals surface area contributed by atoms with Gasteiger partial charge in [-0.05, 0) is 86.6 Å². The van der Waals surface area contributed by atoms with Crippen molar-refractivity contribution in [1.82, 2.24) is 9.97 Å². The van der Waals surface area contributed by atoms with Crippen molar-refractivity contribution < 1.29 is 19.4 Å². The van der Waals surface area contributed by atoms with Gasteiger partial charge in [-0.2, -0.15) is 0 Å². The van der Waals surface area contributed by atoms with Crippen molar-refractivity contribution >= 4 is 34.2 Å². The standard InChI is InChI=1S/C28H40IN3O4/c1-17(2)16-35-21-10-9-20(31-25(21)29)19-15-30-18(3)22(24(26(33)34)36-27(4,5)6)23(19)32-13-11-28(7,8)12-14-32/h9-10,15,17,24H,11-14,16H2,1-8H3,(H,33,34)/t24-/m0/s1. The van der Waals surface area contributed by atoms with Gasteiger partial charge in [0.2, 0.25) is 0 Å². The van der Waals surface area contributed by atoms with E-state index in [-0.39, 0.29) is 5.41 Å². The minimum atomic E-state index is -1.14. The number of hydrogen-bond donors (Lipinski definition) is 1. The van der Waals surface area contributed by atoms with Crippen LogP contribution in [0.2, 0.25) is 0 Å². The molecule has 2 aromatic heterocycles. The maximum Gasteiger partial charge on any atom is 0.337 e. The molecule has 0 amide bonds. The van der Waals surface area contributed by atoms with Crippen LogP contribution in [-0.4, -0.2) is 46.3 Å². The van der Waals surface area contributed by atoms with Crippen molar-refractivity contribution in [2.45, 2.75) is 79.9 Å². The summed E-state index contributed by atoms with van der Waals surface area (Å²) in [6.07, 6.45) is 2.70. The molecule has 0 unspecified atom stereocenters. The molecule has 36 heavy (non-hydrogen) atoms. The van der Waals surface area contributed by atoms with E-state index < -0.39 is 17.7 Å². The van der Waals surface area contributed by atoms with E-state index in [1.165, 1.54) is 0 Å². The Labute approximate surface area is 229 Å². The van der Waals surface area contributed by atoms with Crippen LogP contribution in [0.5, 0.6) is 5.75 Å². The fourth-order valence-electron chi connectivity index (χ4n) is 4.31. The molecule has 1 atom stereocenters. The lowest BCUT2D eigenvalue weighted by molar-refractivity contribution is -0.160. The Bertz CT molecular complexity index is 1080. The van der Waals surface area contributed by atoms with E-state index in [1.807, 2.05) is 46.0 Å². The van der Waals surface area contributed by atoms with Crippen LogP contribution in [-0.2, 0) is 9.53 Å². The number of hydrogen-bond acceptors (Lipinski definition) is 6. The Morgan fingerprint density at radius 2 is 1.86 bits per heavy atom. The van der Waals surface area contributed by atoms with Crippen molar-refractivity contribution in [3.63, 3.8) is 0 Å². The molecule has 1 fully saturated rings. The fourth-order valence-corrected chi connectivity index (χ4v) is 4.90. The van der Waals surface area contributed by atoms with Crippen molar-refractivity contribution in [2.75, 3.05) is 24.6 Å². The molecule has 1 aliphatic heterocycles. The molecule has 1 N–H and O–H groups in total. The number of aromatic nitrogens is 2. The average molecular weight is 610 g/mol. The number of halogens is 1. The Morgan fingerprint density at radius 3 is 2.39 bits per heavy atom. The highest BCUT2D eigenvalue weighted by atomic mass is 127. The van der Waals surface area contributed by atoms with Crippen LogP contribution < -0.4 is 9.64 Å². The molecule has 2 aromatic rings. The first-order valence-electron chi connectivity index (χ1n) is 12.6. The number of aliphatic carboxylic acids is 1. The van der Waals surface area contributed by atoms with Gasteiger partial charge in [0.15, 0.2) is 11.9 Å². The van der Waals surface area contributed by atoms with Gasteiger partial charge in [-0.15, -0.1) is 0 Å². The first kappa shape index (κ1) is 28.6. The summed E-state index contributed by atoms with van der Waals surface area (Å²) in [6.45, 7) is 18.5. The van der Waals surface area contributed by atoms with Gasteiger partial charge in [-0.3, -0.25) is 4.98 Å². The summed E-state index contributed by atoms with van der Waals surface area (Å²) < 4.78 is 12.8. The van der Waals surface area contributed by atoms with Crippen LogP contribution in [0.4, 0.5) is 5.69 Å². The maximum absolute atomic E-state index is 12.5. The predicted octanol–water partition coefficient (Wildman–Crippen LogP) is 6.66. The van der Waals surface area contributed by atoms with Crippen molar-refractivity contribution in [1.29, 1.82) is 0 Å². The lowest BCUT2D eigenvalue weighted by Gasteiger charge is -2.40. The molecular weight excluding hydrogens is 569 g/mol. The highest BCUT2D eigenvalue weighted by Gasteiger charge is 2.36. The smallest absolute Gasteiger partial charge is 0.337 e. The van der Waals surface area contributed by atoms with Gasteiger partial charge in [0.05, 0.1) is 23.6 Å². The second kappa shape index (κ2) is 11.2. The molecule has 0 aromatic carbocycles. The quantitative estimate of drug-likeness (QED) is 0.265. The van der Waals surface area contributed by atoms with Crippen LogP contribution in [0.3, 0.4) is 0 Å². The maximum atomic E-state index is 12.5. The second-order valence-electron chi connectivity index (χ2n) is 11.8. The van der Waals surface area contributed by atoms with E-state index in [4.69, 9.17) is 14.5 Å². The van der Waals surface area contributed by atoms with E-state index >= 15 is 0 Å². The van der Waals surface area contributed by atoms with Gasteiger partial charge in [0.25, 0.3) is 0 Å². The van der Waals surface area contributed by atoms with Crippen molar-refractivity contribution in [2.24, 2.45) is 11.3 Å². The summed E-state index contributed by atoms with van der Waals surface area (Å²) in [5.41, 5.74) is 3.27. The van der Waals surface area contributed by atoms with Gasteiger partial charge in [-0.1, -0.05) is 27.7 Å². The summed E-state index contributed by atoms with van der Waals surface area (Å²) in [6, 6.07) is 3.88. The van der Waals surface area contributed by atoms with Crippen LogP contribution >= 0.6 is 22.6 Å². The molecule has 7 nitrogen and oxygen atoms in total. The summed E-state index contributed by atoms with van der Waals surface area (Å²) in [4.78, 5) is 24.3. The Kier molecular flexibility index (Phi) is 8.91. The predicted molar refractivity (Wildman–Crippen MR) is 152 cm³/mol. The van der Waals surface area contributed by atoms with Crippen LogP contribution in [0.1, 0.15) is 78.7 Å². The number of anilines is 1. The number of rotatable bonds is 8. The normalized spacial score (nSPS) is 16.8. The minimum Gasteiger partial charge on any atom is -0.491 e. The number of aryl methyl sites for hydroxylation is 1. The molecule has 3 rings (SSSR count). The number of ether oxygens (including phenoxy) is 2. The molecule has 0 radical (unpaired) electrons. The zero-order chi connectivity index (χ0) is 26.8. The topological polar surface area (TPSA) is 84.8 Å². The highest BCUT2D eigenvalue weighted by molar-refractivity contribution is 14.1. The third-order valence-electron chi connectivity index (χ3n) is 6.34. The van der Waals surface area contributed by atoms with Crippen LogP contribution in [0.25, 0.3) is 11.3 Å². The number of carboxylic acid groups (broad SMARTS) is 1. The van der Waals surface area contributed by atoms with Gasteiger partial charge in [-0.25, -0.2) is 9.78 Å². The molecule has 0 saturated carbocycles. The molecule has 1 aliphatic rings. The molecule has 8 heteroatoms. The van der Waals surface area contributed by atoms with Crippen LogP contribution in [0.15, 0.2) is 18.3 Å². The molecular formula is C28H40IN3O4. The zero-order valence-corrected chi connectivity index (χ0v) is 25.0. The number of pyridine rings is 2. The van der Waals surface area contributed by atoms with E-state index in [1.54, 1.807) is 0 Å². The summed E-state index contributed by atoms with van der Waals surface area (Å²) in [5, 5.41) is 10.3. The lowest BCUT2D eigenvalue weighted by Crippen LogP contribution is -2.39. The molecule has 198 valence electrons. The van der Waals surface area contributed by atoms with E-state index in [9.17, 15) is 9.90 Å². The van der Waals surface area contributed by atoms with Gasteiger partial charge in [0.1, 0.15) is 3.70 Å². The highest BCUT2D eigenvalue weighted by Crippen LogP contribution is 2.43. The zero-order valence-electron chi connectivity index (χ0n) is 22.8. The largest absolute Gasteiger partial charge is 0.491 e. The Balaban J connectivity index is 2.18. The van der Waals surface area contributed by atoms with Crippen molar-refractivity contribution in [3.8, 4) is 17.0 Å². The van der Waals surface area contributed by atoms with Gasteiger partial charge >= 0.3 is 5.97 Å². The molecule has 3 heterocycles. The third kappa shape index (κ3) is 7.09. The molecule has 1 saturated heterocycles. The fraction of sp³-hybridized carbons (Fsp3) is 0.607. The van der Waals surface area contributed by atoms with E-state index in [0.717, 1.165) is 52.3 Å².